The second kappa shape index (κ2) is 9.25. The zero-order valence-electron chi connectivity index (χ0n) is 17.3. The van der Waals surface area contributed by atoms with Crippen molar-refractivity contribution in [3.05, 3.63) is 88.4 Å². The first-order chi connectivity index (χ1) is 15.1. The van der Waals surface area contributed by atoms with Gasteiger partial charge in [0.15, 0.2) is 5.82 Å². The zero-order chi connectivity index (χ0) is 21.6. The van der Waals surface area contributed by atoms with E-state index in [1.165, 1.54) is 4.57 Å². The van der Waals surface area contributed by atoms with Gasteiger partial charge in [-0.25, -0.2) is 4.98 Å². The van der Waals surface area contributed by atoms with E-state index < -0.39 is 0 Å². The molecule has 3 heterocycles. The largest absolute Gasteiger partial charge is 0.365 e. The highest BCUT2D eigenvalue weighted by Gasteiger charge is 2.11. The minimum atomic E-state index is -0.310. The molecule has 0 atom stereocenters. The molecule has 31 heavy (non-hydrogen) atoms. The van der Waals surface area contributed by atoms with Crippen LogP contribution in [0.4, 0.5) is 5.82 Å². The maximum absolute atomic E-state index is 12.8. The topological polar surface area (TPSA) is 105 Å². The number of amides is 1. The molecule has 0 aliphatic heterocycles. The van der Waals surface area contributed by atoms with Crippen LogP contribution >= 0.6 is 0 Å². The van der Waals surface area contributed by atoms with Crippen molar-refractivity contribution in [3.63, 3.8) is 0 Å². The Hall–Kier alpha value is -3.94. The number of aromatic nitrogens is 4. The molecule has 0 fully saturated rings. The number of aryl methyl sites for hydroxylation is 1. The summed E-state index contributed by atoms with van der Waals surface area (Å²) < 4.78 is 1.43. The first-order valence-corrected chi connectivity index (χ1v) is 10.1. The lowest BCUT2D eigenvalue weighted by Crippen LogP contribution is -2.34. The average molecular weight is 423 g/mol. The van der Waals surface area contributed by atoms with Gasteiger partial charge in [0.2, 0.25) is 5.91 Å². The van der Waals surface area contributed by atoms with E-state index in [2.05, 4.69) is 25.6 Å². The van der Waals surface area contributed by atoms with Crippen molar-refractivity contribution in [2.75, 3.05) is 11.9 Å². The van der Waals surface area contributed by atoms with Gasteiger partial charge in [-0.15, -0.1) is 0 Å². The lowest BCUT2D eigenvalue weighted by molar-refractivity contribution is -0.121. The smallest absolute Gasteiger partial charge is 0.293 e. The van der Waals surface area contributed by atoms with E-state index in [4.69, 9.17) is 0 Å². The molecule has 8 nitrogen and oxygen atoms in total. The van der Waals surface area contributed by atoms with Gasteiger partial charge >= 0.3 is 0 Å². The van der Waals surface area contributed by atoms with E-state index in [0.29, 0.717) is 18.8 Å². The van der Waals surface area contributed by atoms with Crippen molar-refractivity contribution in [3.8, 4) is 0 Å². The van der Waals surface area contributed by atoms with Gasteiger partial charge in [0, 0.05) is 53.4 Å². The third kappa shape index (κ3) is 4.98. The molecule has 0 aliphatic carbocycles. The first kappa shape index (κ1) is 20.3. The van der Waals surface area contributed by atoms with Gasteiger partial charge in [0.25, 0.3) is 5.56 Å². The van der Waals surface area contributed by atoms with Crippen LogP contribution in [-0.4, -0.2) is 32.0 Å². The first-order valence-electron chi connectivity index (χ1n) is 10.1. The molecule has 3 N–H and O–H groups in total. The standard InChI is InChI=1S/C23H24N6O2.3H2/c1-16-12-28-22(26-9-6-17-3-2-8-24-13-17)23(31)29(16)15-21(30)27-14-18-4-5-20-19(11-18)7-10-25-20;;;/h2-5,7-8,10-13,25H,6,9,14-15H2,1H3,(H,26,28)(H,27,30);3*1H. The summed E-state index contributed by atoms with van der Waals surface area (Å²) in [5, 5.41) is 7.05. The van der Waals surface area contributed by atoms with Gasteiger partial charge in [-0.2, -0.15) is 0 Å². The summed E-state index contributed by atoms with van der Waals surface area (Å²) in [6.07, 6.45) is 7.71. The SMILES string of the molecule is Cc1cnc(NCCc2cccnc2)c(=O)n1CC(=O)NCc1ccc2[nH]ccc2c1.[HH].[HH].[HH]. The summed E-state index contributed by atoms with van der Waals surface area (Å²) in [5.74, 6) is 0.00655. The van der Waals surface area contributed by atoms with E-state index in [1.807, 2.05) is 42.6 Å². The molecule has 4 aromatic rings. The van der Waals surface area contributed by atoms with Gasteiger partial charge in [0.05, 0.1) is 0 Å². The minimum Gasteiger partial charge on any atom is -0.365 e. The van der Waals surface area contributed by atoms with E-state index in [9.17, 15) is 9.59 Å². The van der Waals surface area contributed by atoms with Gasteiger partial charge in [-0.1, -0.05) is 12.1 Å². The Morgan fingerprint density at radius 1 is 1.19 bits per heavy atom. The molecule has 0 bridgehead atoms. The number of pyridine rings is 1. The number of nitrogens with zero attached hydrogens (tertiary/aromatic N) is 3. The highest BCUT2D eigenvalue weighted by molar-refractivity contribution is 5.80. The summed E-state index contributed by atoms with van der Waals surface area (Å²) in [4.78, 5) is 36.7. The molecule has 0 unspecified atom stereocenters. The fourth-order valence-corrected chi connectivity index (χ4v) is 3.37. The quantitative estimate of drug-likeness (QED) is 0.405. The minimum absolute atomic E-state index is 0. The summed E-state index contributed by atoms with van der Waals surface area (Å²) in [7, 11) is 0. The average Bonchev–Trinajstić information content (AvgIpc) is 3.25. The Bertz CT molecular complexity index is 1260. The summed E-state index contributed by atoms with van der Waals surface area (Å²) in [6, 6.07) is 11.8. The molecule has 0 radical (unpaired) electrons. The van der Waals surface area contributed by atoms with Crippen molar-refractivity contribution in [1.29, 1.82) is 0 Å². The molecule has 3 aromatic heterocycles. The monoisotopic (exact) mass is 422 g/mol. The lowest BCUT2D eigenvalue weighted by atomic mass is 10.1. The van der Waals surface area contributed by atoms with Crippen molar-refractivity contribution in [2.45, 2.75) is 26.4 Å². The van der Waals surface area contributed by atoms with Crippen LogP contribution in [0.5, 0.6) is 0 Å². The molecule has 0 saturated heterocycles. The van der Waals surface area contributed by atoms with Crippen molar-refractivity contribution in [1.82, 2.24) is 24.8 Å². The molecule has 4 rings (SSSR count). The molecule has 0 aliphatic rings. The summed E-state index contributed by atoms with van der Waals surface area (Å²) in [5.41, 5.74) is 3.44. The van der Waals surface area contributed by atoms with Crippen LogP contribution in [0.2, 0.25) is 0 Å². The number of hydrogen-bond acceptors (Lipinski definition) is 5. The highest BCUT2D eigenvalue weighted by Crippen LogP contribution is 2.14. The number of hydrogen-bond donors (Lipinski definition) is 3. The van der Waals surface area contributed by atoms with Gasteiger partial charge in [-0.3, -0.25) is 19.1 Å². The number of H-pyrrole nitrogens is 1. The number of carbonyl (C=O) groups excluding carboxylic acids is 1. The molecule has 0 saturated carbocycles. The van der Waals surface area contributed by atoms with Crippen LogP contribution in [0, 0.1) is 6.92 Å². The molecule has 1 amide bonds. The molecule has 164 valence electrons. The predicted octanol–water partition coefficient (Wildman–Crippen LogP) is 3.14. The van der Waals surface area contributed by atoms with E-state index in [-0.39, 0.29) is 28.1 Å². The molecular formula is C23H30N6O2. The fraction of sp³-hybridized carbons (Fsp3) is 0.217. The van der Waals surface area contributed by atoms with Crippen LogP contribution in [0.1, 0.15) is 21.1 Å². The second-order valence-electron chi connectivity index (χ2n) is 7.35. The van der Waals surface area contributed by atoms with Crippen molar-refractivity contribution >= 4 is 22.6 Å². The maximum atomic E-state index is 12.8. The van der Waals surface area contributed by atoms with Crippen molar-refractivity contribution in [2.24, 2.45) is 0 Å². The van der Waals surface area contributed by atoms with Crippen LogP contribution < -0.4 is 16.2 Å². The Kier molecular flexibility index (Phi) is 6.07. The fourth-order valence-electron chi connectivity index (χ4n) is 3.37. The van der Waals surface area contributed by atoms with Crippen LogP contribution in [0.15, 0.2) is 66.0 Å². The normalized spacial score (nSPS) is 10.9. The van der Waals surface area contributed by atoms with Crippen LogP contribution in [0.3, 0.4) is 0 Å². The lowest BCUT2D eigenvalue weighted by Gasteiger charge is -2.13. The summed E-state index contributed by atoms with van der Waals surface area (Å²) in [6.45, 7) is 2.65. The third-order valence-corrected chi connectivity index (χ3v) is 5.09. The van der Waals surface area contributed by atoms with Crippen LogP contribution in [0.25, 0.3) is 10.9 Å². The molecular weight excluding hydrogens is 392 g/mol. The zero-order valence-corrected chi connectivity index (χ0v) is 17.3. The van der Waals surface area contributed by atoms with Gasteiger partial charge in [-0.05, 0) is 54.1 Å². The molecule has 0 spiro atoms. The number of benzene rings is 1. The summed E-state index contributed by atoms with van der Waals surface area (Å²) >= 11 is 0. The number of anilines is 1. The van der Waals surface area contributed by atoms with E-state index >= 15 is 0 Å². The van der Waals surface area contributed by atoms with E-state index in [1.54, 1.807) is 25.5 Å². The van der Waals surface area contributed by atoms with Gasteiger partial charge in [0.1, 0.15) is 6.54 Å². The number of fused-ring (bicyclic) bond motifs is 1. The Morgan fingerprint density at radius 3 is 2.94 bits per heavy atom. The second-order valence-corrected chi connectivity index (χ2v) is 7.35. The third-order valence-electron chi connectivity index (χ3n) is 5.09. The Balaban J connectivity index is 0.00000193. The van der Waals surface area contributed by atoms with E-state index in [0.717, 1.165) is 28.5 Å². The number of carbonyl (C=O) groups is 1. The number of aromatic amines is 1. The molecule has 8 heteroatoms. The number of rotatable bonds is 8. The van der Waals surface area contributed by atoms with Crippen molar-refractivity contribution < 1.29 is 9.07 Å². The molecule has 1 aromatic carbocycles. The maximum Gasteiger partial charge on any atom is 0.293 e. The predicted molar refractivity (Wildman–Crippen MR) is 126 cm³/mol. The van der Waals surface area contributed by atoms with Gasteiger partial charge < -0.3 is 15.6 Å². The van der Waals surface area contributed by atoms with Crippen LogP contribution in [-0.2, 0) is 24.3 Å². The highest BCUT2D eigenvalue weighted by atomic mass is 16.2. The number of nitrogens with one attached hydrogen (secondary N) is 3. The Morgan fingerprint density at radius 2 is 2.10 bits per heavy atom. The Labute approximate surface area is 183 Å².